The largest absolute Gasteiger partial charge is 0.348 e. The average Bonchev–Trinajstić information content (AvgIpc) is 2.89. The molecule has 2 aliphatic rings. The number of rotatable bonds is 2. The quantitative estimate of drug-likeness (QED) is 0.821. The van der Waals surface area contributed by atoms with Crippen LogP contribution in [-0.4, -0.2) is 30.0 Å². The van der Waals surface area contributed by atoms with Gasteiger partial charge in [-0.15, -0.1) is 0 Å². The Labute approximate surface area is 112 Å². The Bertz CT molecular complexity index is 538. The van der Waals surface area contributed by atoms with E-state index in [2.05, 4.69) is 33.3 Å². The number of pyridine rings is 1. The van der Waals surface area contributed by atoms with Crippen LogP contribution in [0.4, 0.5) is 5.69 Å². The first-order valence-corrected chi connectivity index (χ1v) is 6.33. The topological polar surface area (TPSA) is 57.3 Å². The lowest BCUT2D eigenvalue weighted by Crippen LogP contribution is -2.52. The molecule has 0 bridgehead atoms. The number of hydrogen-bond donors (Lipinski definition) is 2. The molecule has 0 aromatic carbocycles. The van der Waals surface area contributed by atoms with Crippen molar-refractivity contribution in [3.63, 3.8) is 0 Å². The van der Waals surface area contributed by atoms with Crippen molar-refractivity contribution in [3.05, 3.63) is 48.6 Å². The van der Waals surface area contributed by atoms with Gasteiger partial charge in [-0.3, -0.25) is 15.1 Å². The first-order chi connectivity index (χ1) is 9.24. The average molecular weight is 256 g/mol. The van der Waals surface area contributed by atoms with E-state index in [1.54, 1.807) is 12.4 Å². The van der Waals surface area contributed by atoms with Crippen LogP contribution in [0, 0.1) is 0 Å². The van der Waals surface area contributed by atoms with Gasteiger partial charge < -0.3 is 10.2 Å². The van der Waals surface area contributed by atoms with Crippen LogP contribution in [0.3, 0.4) is 0 Å². The van der Waals surface area contributed by atoms with E-state index in [-0.39, 0.29) is 11.9 Å². The van der Waals surface area contributed by atoms with Crippen molar-refractivity contribution in [2.45, 2.75) is 12.5 Å². The fourth-order valence-electron chi connectivity index (χ4n) is 2.44. The summed E-state index contributed by atoms with van der Waals surface area (Å²) in [6.45, 7) is 5.28. The molecule has 1 amide bonds. The predicted octanol–water partition coefficient (Wildman–Crippen LogP) is 0.777. The third-order valence-electron chi connectivity index (χ3n) is 3.41. The molecule has 2 N–H and O–H groups in total. The molecule has 1 unspecified atom stereocenters. The Kier molecular flexibility index (Phi) is 3.05. The first-order valence-electron chi connectivity index (χ1n) is 6.33. The maximum Gasteiger partial charge on any atom is 0.245 e. The molecule has 0 saturated carbocycles. The summed E-state index contributed by atoms with van der Waals surface area (Å²) in [7, 11) is 0. The molecule has 2 aliphatic heterocycles. The number of nitrogens with zero attached hydrogens (tertiary/aromatic N) is 2. The number of amides is 1. The van der Waals surface area contributed by atoms with Gasteiger partial charge in [0.15, 0.2) is 0 Å². The monoisotopic (exact) mass is 256 g/mol. The molecule has 3 rings (SSSR count). The van der Waals surface area contributed by atoms with E-state index in [0.29, 0.717) is 6.54 Å². The first kappa shape index (κ1) is 11.9. The Hall–Kier alpha value is -2.14. The fourth-order valence-corrected chi connectivity index (χ4v) is 2.44. The molecular weight excluding hydrogens is 240 g/mol. The zero-order chi connectivity index (χ0) is 13.2. The molecule has 1 saturated heterocycles. The Morgan fingerprint density at radius 2 is 2.16 bits per heavy atom. The highest BCUT2D eigenvalue weighted by Crippen LogP contribution is 2.24. The molecule has 5 heteroatoms. The lowest BCUT2D eigenvalue weighted by molar-refractivity contribution is -0.122. The second kappa shape index (κ2) is 4.85. The Morgan fingerprint density at radius 1 is 1.37 bits per heavy atom. The van der Waals surface area contributed by atoms with Crippen molar-refractivity contribution in [2.24, 2.45) is 0 Å². The number of carbonyl (C=O) groups is 1. The minimum Gasteiger partial charge on any atom is -0.348 e. The summed E-state index contributed by atoms with van der Waals surface area (Å²) in [5.74, 6) is -0.0147. The minimum atomic E-state index is -0.239. The van der Waals surface area contributed by atoms with E-state index in [4.69, 9.17) is 0 Å². The van der Waals surface area contributed by atoms with E-state index < -0.39 is 0 Å². The number of carbonyl (C=O) groups excluding carboxylic acids is 1. The van der Waals surface area contributed by atoms with Crippen molar-refractivity contribution in [1.29, 1.82) is 0 Å². The molecule has 1 aromatic rings. The van der Waals surface area contributed by atoms with Gasteiger partial charge in [0.05, 0.1) is 0 Å². The van der Waals surface area contributed by atoms with Crippen molar-refractivity contribution in [3.8, 4) is 0 Å². The third kappa shape index (κ3) is 2.37. The molecule has 1 aromatic heterocycles. The van der Waals surface area contributed by atoms with Gasteiger partial charge in [-0.2, -0.15) is 0 Å². The van der Waals surface area contributed by atoms with Gasteiger partial charge in [-0.25, -0.2) is 0 Å². The lowest BCUT2D eigenvalue weighted by Gasteiger charge is -2.25. The van der Waals surface area contributed by atoms with E-state index in [9.17, 15) is 4.79 Å². The molecule has 0 aliphatic carbocycles. The highest BCUT2D eigenvalue weighted by atomic mass is 16.2. The predicted molar refractivity (Wildman–Crippen MR) is 73.4 cm³/mol. The Balaban J connectivity index is 1.76. The van der Waals surface area contributed by atoms with E-state index >= 15 is 0 Å². The summed E-state index contributed by atoms with van der Waals surface area (Å²) in [6, 6.07) is 3.70. The second-order valence-electron chi connectivity index (χ2n) is 4.76. The van der Waals surface area contributed by atoms with E-state index in [0.717, 1.165) is 29.9 Å². The van der Waals surface area contributed by atoms with Crippen molar-refractivity contribution in [1.82, 2.24) is 15.6 Å². The van der Waals surface area contributed by atoms with Crippen LogP contribution in [0.25, 0.3) is 0 Å². The molecule has 1 atom stereocenters. The molecule has 19 heavy (non-hydrogen) atoms. The van der Waals surface area contributed by atoms with Crippen LogP contribution < -0.4 is 15.5 Å². The summed E-state index contributed by atoms with van der Waals surface area (Å²) in [5.41, 5.74) is 2.94. The van der Waals surface area contributed by atoms with Gasteiger partial charge in [-0.1, -0.05) is 6.58 Å². The van der Waals surface area contributed by atoms with E-state index in [1.165, 1.54) is 0 Å². The molecule has 5 nitrogen and oxygen atoms in total. The van der Waals surface area contributed by atoms with E-state index in [1.807, 2.05) is 12.1 Å². The van der Waals surface area contributed by atoms with Crippen molar-refractivity contribution in [2.75, 3.05) is 18.0 Å². The maximum atomic E-state index is 11.9. The van der Waals surface area contributed by atoms with Gasteiger partial charge in [0.1, 0.15) is 6.04 Å². The number of nitrogens with one attached hydrogen (secondary N) is 2. The van der Waals surface area contributed by atoms with Crippen LogP contribution in [0.5, 0.6) is 0 Å². The van der Waals surface area contributed by atoms with Crippen LogP contribution in [0.15, 0.2) is 48.6 Å². The molecule has 3 heterocycles. The Morgan fingerprint density at radius 3 is 2.89 bits per heavy atom. The normalized spacial score (nSPS) is 23.3. The zero-order valence-corrected chi connectivity index (χ0v) is 10.6. The van der Waals surface area contributed by atoms with Gasteiger partial charge in [0, 0.05) is 43.1 Å². The van der Waals surface area contributed by atoms with Crippen molar-refractivity contribution < 1.29 is 4.79 Å². The lowest BCUT2D eigenvalue weighted by atomic mass is 10.0. The minimum absolute atomic E-state index is 0.0147. The maximum absolute atomic E-state index is 11.9. The summed E-state index contributed by atoms with van der Waals surface area (Å²) < 4.78 is 0. The summed E-state index contributed by atoms with van der Waals surface area (Å²) >= 11 is 0. The van der Waals surface area contributed by atoms with Crippen LogP contribution >= 0.6 is 0 Å². The zero-order valence-electron chi connectivity index (χ0n) is 10.6. The SMILES string of the molecule is C=C1CNC(C2=CN(c3ccncc3)CC2)C(=O)N1. The smallest absolute Gasteiger partial charge is 0.245 e. The standard InChI is InChI=1S/C14H16N4O/c1-10-8-16-13(14(19)17-10)11-4-7-18(9-11)12-2-5-15-6-3-12/h2-3,5-6,9,13,16H,1,4,7-8H2,(H,17,19). The molecule has 98 valence electrons. The number of aromatic nitrogens is 1. The third-order valence-corrected chi connectivity index (χ3v) is 3.41. The fraction of sp³-hybridized carbons (Fsp3) is 0.286. The van der Waals surface area contributed by atoms with Gasteiger partial charge >= 0.3 is 0 Å². The van der Waals surface area contributed by atoms with Gasteiger partial charge in [0.25, 0.3) is 0 Å². The highest BCUT2D eigenvalue weighted by molar-refractivity contribution is 5.87. The van der Waals surface area contributed by atoms with Crippen molar-refractivity contribution >= 4 is 11.6 Å². The summed E-state index contributed by atoms with van der Waals surface area (Å²) in [6.07, 6.45) is 6.49. The highest BCUT2D eigenvalue weighted by Gasteiger charge is 2.29. The van der Waals surface area contributed by atoms with Gasteiger partial charge in [0.2, 0.25) is 5.91 Å². The van der Waals surface area contributed by atoms with Crippen LogP contribution in [-0.2, 0) is 4.79 Å². The second-order valence-corrected chi connectivity index (χ2v) is 4.76. The summed E-state index contributed by atoms with van der Waals surface area (Å²) in [4.78, 5) is 18.1. The number of anilines is 1. The molecule has 0 spiro atoms. The molecule has 1 fully saturated rings. The van der Waals surface area contributed by atoms with Crippen LogP contribution in [0.1, 0.15) is 6.42 Å². The number of hydrogen-bond acceptors (Lipinski definition) is 4. The number of piperazine rings is 1. The molecule has 0 radical (unpaired) electrons. The van der Waals surface area contributed by atoms with Crippen LogP contribution in [0.2, 0.25) is 0 Å². The van der Waals surface area contributed by atoms with Gasteiger partial charge in [-0.05, 0) is 24.1 Å². The summed E-state index contributed by atoms with van der Waals surface area (Å²) in [5, 5.41) is 6.01. The molecular formula is C14H16N4O.